The minimum atomic E-state index is -3.33. The Morgan fingerprint density at radius 3 is 2.58 bits per heavy atom. The smallest absolute Gasteiger partial charge is 0.288 e. The van der Waals surface area contributed by atoms with E-state index in [0.29, 0.717) is 0 Å². The van der Waals surface area contributed by atoms with Crippen molar-refractivity contribution in [2.75, 3.05) is 12.0 Å². The van der Waals surface area contributed by atoms with Gasteiger partial charge in [0.2, 0.25) is 5.91 Å². The maximum absolute atomic E-state index is 12.4. The Kier molecular flexibility index (Phi) is 6.19. The average molecular weight is 404 g/mol. The Bertz CT molecular complexity index is 838. The number of rotatable bonds is 8. The van der Waals surface area contributed by atoms with Gasteiger partial charge in [-0.2, -0.15) is 0 Å². The highest BCUT2D eigenvalue weighted by molar-refractivity contribution is 7.90. The van der Waals surface area contributed by atoms with Crippen LogP contribution in [0.1, 0.15) is 29.6 Å². The lowest BCUT2D eigenvalue weighted by atomic mass is 10.1. The molecule has 0 heterocycles. The zero-order chi connectivity index (χ0) is 19.5. The largest absolute Gasteiger partial charge is 0.352 e. The summed E-state index contributed by atoms with van der Waals surface area (Å²) in [6, 6.07) is 2.48. The number of carbonyl (C=O) groups is 2. The van der Waals surface area contributed by atoms with Gasteiger partial charge in [0.1, 0.15) is 20.9 Å². The number of benzene rings is 1. The van der Waals surface area contributed by atoms with Crippen LogP contribution in [-0.2, 0) is 14.6 Å². The van der Waals surface area contributed by atoms with Crippen LogP contribution in [0.5, 0.6) is 0 Å². The summed E-state index contributed by atoms with van der Waals surface area (Å²) in [5, 5.41) is 16.0. The standard InChI is InChI=1S/C15H18ClN3O6S/c1-26(24,25)7-6-12(15(21)17-10-3-4-10)18-14(20)9-2-5-11(16)13(8-9)19(22)23/h2,5,8,10,12H,3-4,6-7H2,1H3,(H,17,21)(H,18,20)/t12-/m0/s1. The minimum Gasteiger partial charge on any atom is -0.352 e. The van der Waals surface area contributed by atoms with Gasteiger partial charge in [-0.15, -0.1) is 0 Å². The molecule has 0 radical (unpaired) electrons. The summed E-state index contributed by atoms with van der Waals surface area (Å²) in [6.45, 7) is 0. The first-order valence-electron chi connectivity index (χ1n) is 7.80. The molecule has 142 valence electrons. The number of carbonyl (C=O) groups excluding carboxylic acids is 2. The van der Waals surface area contributed by atoms with Gasteiger partial charge in [-0.25, -0.2) is 8.42 Å². The van der Waals surface area contributed by atoms with Crippen LogP contribution in [0.25, 0.3) is 0 Å². The van der Waals surface area contributed by atoms with Gasteiger partial charge in [-0.3, -0.25) is 19.7 Å². The van der Waals surface area contributed by atoms with Gasteiger partial charge in [-0.1, -0.05) is 11.6 Å². The van der Waals surface area contributed by atoms with Gasteiger partial charge in [0.05, 0.1) is 10.7 Å². The summed E-state index contributed by atoms with van der Waals surface area (Å²) in [6.07, 6.45) is 2.61. The third kappa shape index (κ3) is 5.95. The van der Waals surface area contributed by atoms with Crippen molar-refractivity contribution in [2.24, 2.45) is 0 Å². The quantitative estimate of drug-likeness (QED) is 0.492. The molecule has 1 aromatic rings. The van der Waals surface area contributed by atoms with Crippen molar-refractivity contribution in [1.82, 2.24) is 10.6 Å². The second-order valence-electron chi connectivity index (χ2n) is 6.15. The molecule has 0 spiro atoms. The molecule has 2 N–H and O–H groups in total. The molecule has 1 aliphatic carbocycles. The number of hydrogen-bond donors (Lipinski definition) is 2. The number of nitrogens with zero attached hydrogens (tertiary/aromatic N) is 1. The molecule has 2 rings (SSSR count). The van der Waals surface area contributed by atoms with Crippen LogP contribution in [0, 0.1) is 10.1 Å². The third-order valence-corrected chi connectivity index (χ3v) is 5.02. The Morgan fingerprint density at radius 2 is 2.04 bits per heavy atom. The number of sulfone groups is 1. The van der Waals surface area contributed by atoms with E-state index in [2.05, 4.69) is 10.6 Å². The Hall–Kier alpha value is -2.20. The molecule has 1 aliphatic rings. The van der Waals surface area contributed by atoms with E-state index in [1.807, 2.05) is 0 Å². The number of nitro benzene ring substituents is 1. The molecule has 0 bridgehead atoms. The first-order valence-corrected chi connectivity index (χ1v) is 10.2. The molecular formula is C15H18ClN3O6S. The fourth-order valence-electron chi connectivity index (χ4n) is 2.17. The number of hydrogen-bond acceptors (Lipinski definition) is 6. The summed E-state index contributed by atoms with van der Waals surface area (Å²) in [7, 11) is -3.33. The van der Waals surface area contributed by atoms with Crippen molar-refractivity contribution < 1.29 is 22.9 Å². The van der Waals surface area contributed by atoms with E-state index in [1.54, 1.807) is 0 Å². The van der Waals surface area contributed by atoms with E-state index in [-0.39, 0.29) is 28.8 Å². The van der Waals surface area contributed by atoms with Gasteiger partial charge in [0.15, 0.2) is 0 Å². The molecule has 26 heavy (non-hydrogen) atoms. The predicted octanol–water partition coefficient (Wildman–Crippen LogP) is 1.06. The number of nitro groups is 1. The van der Waals surface area contributed by atoms with Crippen LogP contribution in [0.2, 0.25) is 5.02 Å². The molecule has 1 aromatic carbocycles. The summed E-state index contributed by atoms with van der Waals surface area (Å²) in [5.74, 6) is -1.49. The predicted molar refractivity (Wildman–Crippen MR) is 94.9 cm³/mol. The van der Waals surface area contributed by atoms with Gasteiger partial charge >= 0.3 is 0 Å². The minimum absolute atomic E-state index is 0.0387. The molecule has 0 aromatic heterocycles. The normalized spacial score (nSPS) is 15.2. The van der Waals surface area contributed by atoms with Crippen LogP contribution >= 0.6 is 11.6 Å². The molecule has 1 fully saturated rings. The summed E-state index contributed by atoms with van der Waals surface area (Å²) >= 11 is 5.71. The molecule has 1 saturated carbocycles. The van der Waals surface area contributed by atoms with E-state index in [1.165, 1.54) is 12.1 Å². The highest BCUT2D eigenvalue weighted by atomic mass is 35.5. The SMILES string of the molecule is CS(=O)(=O)CC[C@H](NC(=O)c1ccc(Cl)c([N+](=O)[O-])c1)C(=O)NC1CC1. The van der Waals surface area contributed by atoms with Gasteiger partial charge in [0.25, 0.3) is 11.6 Å². The van der Waals surface area contributed by atoms with E-state index in [0.717, 1.165) is 25.2 Å². The lowest BCUT2D eigenvalue weighted by Crippen LogP contribution is -2.48. The molecule has 2 amide bonds. The zero-order valence-corrected chi connectivity index (χ0v) is 15.5. The fourth-order valence-corrected chi connectivity index (χ4v) is 3.02. The molecule has 0 aliphatic heterocycles. The maximum atomic E-state index is 12.4. The van der Waals surface area contributed by atoms with Gasteiger partial charge < -0.3 is 10.6 Å². The second-order valence-corrected chi connectivity index (χ2v) is 8.82. The van der Waals surface area contributed by atoms with Crippen LogP contribution in [0.4, 0.5) is 5.69 Å². The van der Waals surface area contributed by atoms with Crippen molar-refractivity contribution >= 4 is 38.9 Å². The summed E-state index contributed by atoms with van der Waals surface area (Å²) in [5.41, 5.74) is -0.487. The number of halogens is 1. The average Bonchev–Trinajstić information content (AvgIpc) is 3.34. The van der Waals surface area contributed by atoms with Gasteiger partial charge in [0, 0.05) is 23.9 Å². The van der Waals surface area contributed by atoms with Crippen LogP contribution < -0.4 is 10.6 Å². The number of amides is 2. The highest BCUT2D eigenvalue weighted by Crippen LogP contribution is 2.25. The van der Waals surface area contributed by atoms with E-state index >= 15 is 0 Å². The van der Waals surface area contributed by atoms with Crippen LogP contribution in [0.3, 0.4) is 0 Å². The first-order chi connectivity index (χ1) is 12.1. The van der Waals surface area contributed by atoms with Crippen molar-refractivity contribution in [1.29, 1.82) is 0 Å². The Balaban J connectivity index is 2.14. The van der Waals surface area contributed by atoms with Gasteiger partial charge in [-0.05, 0) is 31.4 Å². The highest BCUT2D eigenvalue weighted by Gasteiger charge is 2.29. The lowest BCUT2D eigenvalue weighted by molar-refractivity contribution is -0.384. The van der Waals surface area contributed by atoms with Crippen LogP contribution in [0.15, 0.2) is 18.2 Å². The molecule has 11 heteroatoms. The zero-order valence-electron chi connectivity index (χ0n) is 13.9. The first kappa shape index (κ1) is 20.1. The molecule has 0 unspecified atom stereocenters. The lowest BCUT2D eigenvalue weighted by Gasteiger charge is -2.18. The Morgan fingerprint density at radius 1 is 1.38 bits per heavy atom. The van der Waals surface area contributed by atoms with E-state index in [9.17, 15) is 28.1 Å². The summed E-state index contributed by atoms with van der Waals surface area (Å²) < 4.78 is 22.7. The molecule has 0 saturated heterocycles. The molecule has 1 atom stereocenters. The fraction of sp³-hybridized carbons (Fsp3) is 0.467. The maximum Gasteiger partial charge on any atom is 0.288 e. The van der Waals surface area contributed by atoms with Crippen molar-refractivity contribution in [3.63, 3.8) is 0 Å². The van der Waals surface area contributed by atoms with Crippen molar-refractivity contribution in [2.45, 2.75) is 31.3 Å². The van der Waals surface area contributed by atoms with E-state index < -0.39 is 38.3 Å². The molecule has 9 nitrogen and oxygen atoms in total. The van der Waals surface area contributed by atoms with Crippen molar-refractivity contribution in [3.05, 3.63) is 38.9 Å². The third-order valence-electron chi connectivity index (χ3n) is 3.73. The molecular weight excluding hydrogens is 386 g/mol. The monoisotopic (exact) mass is 403 g/mol. The summed E-state index contributed by atoms with van der Waals surface area (Å²) in [4.78, 5) is 34.8. The Labute approximate surface area is 155 Å². The second kappa shape index (κ2) is 8.00. The van der Waals surface area contributed by atoms with E-state index in [4.69, 9.17) is 11.6 Å². The topological polar surface area (TPSA) is 135 Å². The van der Waals surface area contributed by atoms with Crippen LogP contribution in [-0.4, -0.2) is 49.2 Å². The van der Waals surface area contributed by atoms with Crippen molar-refractivity contribution in [3.8, 4) is 0 Å². The number of nitrogens with one attached hydrogen (secondary N) is 2.